The second kappa shape index (κ2) is 7.88. The van der Waals surface area contributed by atoms with Gasteiger partial charge in [-0.25, -0.2) is 4.79 Å². The number of carbonyl (C=O) groups is 1. The Balaban J connectivity index is 2.26. The van der Waals surface area contributed by atoms with Crippen LogP contribution in [0, 0.1) is 11.3 Å². The van der Waals surface area contributed by atoms with Crippen molar-refractivity contribution in [3.05, 3.63) is 53.1 Å². The van der Waals surface area contributed by atoms with Crippen LogP contribution in [0.4, 0.5) is 0 Å². The average Bonchev–Trinajstić information content (AvgIpc) is 2.64. The van der Waals surface area contributed by atoms with E-state index < -0.39 is 5.97 Å². The molecule has 0 saturated carbocycles. The number of nitriles is 1. The molecule has 0 saturated heterocycles. The summed E-state index contributed by atoms with van der Waals surface area (Å²) in [6.45, 7) is -0.0138. The van der Waals surface area contributed by atoms with Gasteiger partial charge in [0.15, 0.2) is 11.5 Å². The number of esters is 1. The standard InChI is InChI=1S/C18H17NO5/c1-21-15-9-8-14(16(22-2)17(15)23-3)18(20)24-11-13-7-5-4-6-12(13)10-19/h4-9H,11H2,1-3H3. The van der Waals surface area contributed by atoms with Gasteiger partial charge in [-0.3, -0.25) is 0 Å². The molecule has 0 spiro atoms. The average molecular weight is 327 g/mol. The smallest absolute Gasteiger partial charge is 0.342 e. The third-order valence-electron chi connectivity index (χ3n) is 3.42. The maximum absolute atomic E-state index is 12.4. The molecule has 0 amide bonds. The molecule has 124 valence electrons. The molecule has 0 N–H and O–H groups in total. The molecule has 0 atom stereocenters. The minimum absolute atomic E-state index is 0.0138. The van der Waals surface area contributed by atoms with Gasteiger partial charge in [-0.1, -0.05) is 18.2 Å². The van der Waals surface area contributed by atoms with Gasteiger partial charge in [0.25, 0.3) is 0 Å². The molecule has 6 nitrogen and oxygen atoms in total. The van der Waals surface area contributed by atoms with E-state index >= 15 is 0 Å². The highest BCUT2D eigenvalue weighted by Crippen LogP contribution is 2.40. The third-order valence-corrected chi connectivity index (χ3v) is 3.42. The molecule has 0 heterocycles. The van der Waals surface area contributed by atoms with Gasteiger partial charge in [0, 0.05) is 5.56 Å². The molecular formula is C18H17NO5. The van der Waals surface area contributed by atoms with Gasteiger partial charge in [-0.15, -0.1) is 0 Å². The van der Waals surface area contributed by atoms with Crippen molar-refractivity contribution in [3.8, 4) is 23.3 Å². The molecule has 0 aliphatic rings. The van der Waals surface area contributed by atoms with Crippen LogP contribution in [-0.2, 0) is 11.3 Å². The first-order chi connectivity index (χ1) is 11.7. The largest absolute Gasteiger partial charge is 0.493 e. The number of hydrogen-bond acceptors (Lipinski definition) is 6. The van der Waals surface area contributed by atoms with Crippen molar-refractivity contribution in [2.45, 2.75) is 6.61 Å². The second-order valence-electron chi connectivity index (χ2n) is 4.73. The normalized spacial score (nSPS) is 9.75. The monoisotopic (exact) mass is 327 g/mol. The maximum atomic E-state index is 12.4. The van der Waals surface area contributed by atoms with Crippen molar-refractivity contribution >= 4 is 5.97 Å². The minimum Gasteiger partial charge on any atom is -0.493 e. The molecule has 24 heavy (non-hydrogen) atoms. The number of rotatable bonds is 6. The number of benzene rings is 2. The van der Waals surface area contributed by atoms with Crippen LogP contribution < -0.4 is 14.2 Å². The molecule has 2 aromatic rings. The fourth-order valence-corrected chi connectivity index (χ4v) is 2.24. The summed E-state index contributed by atoms with van der Waals surface area (Å²) >= 11 is 0. The Hall–Kier alpha value is -3.20. The van der Waals surface area contributed by atoms with E-state index in [1.807, 2.05) is 0 Å². The third kappa shape index (κ3) is 3.41. The van der Waals surface area contributed by atoms with E-state index in [2.05, 4.69) is 6.07 Å². The summed E-state index contributed by atoms with van der Waals surface area (Å²) in [6.07, 6.45) is 0. The van der Waals surface area contributed by atoms with E-state index in [0.717, 1.165) is 0 Å². The lowest BCUT2D eigenvalue weighted by Crippen LogP contribution is -2.09. The van der Waals surface area contributed by atoms with E-state index in [4.69, 9.17) is 24.2 Å². The molecule has 0 aliphatic carbocycles. The highest BCUT2D eigenvalue weighted by molar-refractivity contribution is 5.94. The molecule has 0 radical (unpaired) electrons. The van der Waals surface area contributed by atoms with Crippen molar-refractivity contribution in [2.24, 2.45) is 0 Å². The number of hydrogen-bond donors (Lipinski definition) is 0. The molecule has 0 aliphatic heterocycles. The Morgan fingerprint density at radius 1 is 1.00 bits per heavy atom. The van der Waals surface area contributed by atoms with Gasteiger partial charge in [0.05, 0.1) is 33.0 Å². The topological polar surface area (TPSA) is 77.8 Å². The zero-order chi connectivity index (χ0) is 17.5. The molecule has 0 aromatic heterocycles. The SMILES string of the molecule is COc1ccc(C(=O)OCc2ccccc2C#N)c(OC)c1OC. The predicted molar refractivity (Wildman–Crippen MR) is 86.4 cm³/mol. The van der Waals surface area contributed by atoms with E-state index in [9.17, 15) is 4.79 Å². The van der Waals surface area contributed by atoms with Crippen LogP contribution in [0.25, 0.3) is 0 Å². The van der Waals surface area contributed by atoms with E-state index in [1.54, 1.807) is 36.4 Å². The quantitative estimate of drug-likeness (QED) is 0.759. The van der Waals surface area contributed by atoms with Gasteiger partial charge >= 0.3 is 5.97 Å². The summed E-state index contributed by atoms with van der Waals surface area (Å²) < 4.78 is 21.0. The molecule has 0 fully saturated rings. The lowest BCUT2D eigenvalue weighted by molar-refractivity contribution is 0.0468. The Morgan fingerprint density at radius 3 is 2.33 bits per heavy atom. The Bertz CT molecular complexity index is 779. The van der Waals surface area contributed by atoms with Crippen LogP contribution in [0.15, 0.2) is 36.4 Å². The molecule has 0 bridgehead atoms. The van der Waals surface area contributed by atoms with Crippen LogP contribution >= 0.6 is 0 Å². The number of carbonyl (C=O) groups excluding carboxylic acids is 1. The van der Waals surface area contributed by atoms with Crippen molar-refractivity contribution in [1.29, 1.82) is 5.26 Å². The van der Waals surface area contributed by atoms with Gasteiger partial charge in [-0.05, 0) is 18.2 Å². The first-order valence-electron chi connectivity index (χ1n) is 7.10. The molecule has 2 rings (SSSR count). The first kappa shape index (κ1) is 17.2. The van der Waals surface area contributed by atoms with Gasteiger partial charge in [0.1, 0.15) is 12.2 Å². The van der Waals surface area contributed by atoms with Crippen molar-refractivity contribution in [2.75, 3.05) is 21.3 Å². The van der Waals surface area contributed by atoms with E-state index in [1.165, 1.54) is 21.3 Å². The highest BCUT2D eigenvalue weighted by Gasteiger charge is 2.21. The van der Waals surface area contributed by atoms with Gasteiger partial charge < -0.3 is 18.9 Å². The minimum atomic E-state index is -0.583. The number of methoxy groups -OCH3 is 3. The van der Waals surface area contributed by atoms with E-state index in [0.29, 0.717) is 22.6 Å². The maximum Gasteiger partial charge on any atom is 0.342 e. The fourth-order valence-electron chi connectivity index (χ4n) is 2.24. The first-order valence-corrected chi connectivity index (χ1v) is 7.10. The fraction of sp³-hybridized carbons (Fsp3) is 0.222. The van der Waals surface area contributed by atoms with Gasteiger partial charge in [-0.2, -0.15) is 5.26 Å². The second-order valence-corrected chi connectivity index (χ2v) is 4.73. The lowest BCUT2D eigenvalue weighted by Gasteiger charge is -2.15. The van der Waals surface area contributed by atoms with Crippen LogP contribution in [0.5, 0.6) is 17.2 Å². The number of nitrogens with zero attached hydrogens (tertiary/aromatic N) is 1. The van der Waals surface area contributed by atoms with Crippen molar-refractivity contribution in [3.63, 3.8) is 0 Å². The summed E-state index contributed by atoms with van der Waals surface area (Å²) in [5.41, 5.74) is 1.31. The van der Waals surface area contributed by atoms with Gasteiger partial charge in [0.2, 0.25) is 5.75 Å². The summed E-state index contributed by atoms with van der Waals surface area (Å²) in [5.74, 6) is 0.406. The van der Waals surface area contributed by atoms with Crippen LogP contribution in [0.3, 0.4) is 0 Å². The summed E-state index contributed by atoms with van der Waals surface area (Å²) in [5, 5.41) is 9.07. The Kier molecular flexibility index (Phi) is 5.63. The highest BCUT2D eigenvalue weighted by atomic mass is 16.5. The lowest BCUT2D eigenvalue weighted by atomic mass is 10.1. The Labute approximate surface area is 140 Å². The zero-order valence-electron chi connectivity index (χ0n) is 13.7. The van der Waals surface area contributed by atoms with E-state index in [-0.39, 0.29) is 17.9 Å². The zero-order valence-corrected chi connectivity index (χ0v) is 13.7. The summed E-state index contributed by atoms with van der Waals surface area (Å²) in [6, 6.07) is 12.1. The van der Waals surface area contributed by atoms with Crippen LogP contribution in [0.1, 0.15) is 21.5 Å². The van der Waals surface area contributed by atoms with Crippen LogP contribution in [-0.4, -0.2) is 27.3 Å². The number of ether oxygens (including phenoxy) is 4. The van der Waals surface area contributed by atoms with Crippen molar-refractivity contribution in [1.82, 2.24) is 0 Å². The molecular weight excluding hydrogens is 310 g/mol. The molecule has 2 aromatic carbocycles. The summed E-state index contributed by atoms with van der Waals surface area (Å²) in [4.78, 5) is 12.4. The summed E-state index contributed by atoms with van der Waals surface area (Å²) in [7, 11) is 4.38. The molecule has 6 heteroatoms. The predicted octanol–water partition coefficient (Wildman–Crippen LogP) is 2.94. The Morgan fingerprint density at radius 2 is 1.71 bits per heavy atom. The van der Waals surface area contributed by atoms with Crippen molar-refractivity contribution < 1.29 is 23.7 Å². The van der Waals surface area contributed by atoms with Crippen LogP contribution in [0.2, 0.25) is 0 Å². The molecule has 0 unspecified atom stereocenters.